The van der Waals surface area contributed by atoms with E-state index < -0.39 is 0 Å². The van der Waals surface area contributed by atoms with E-state index in [1.54, 1.807) is 19.5 Å². The molecule has 3 heterocycles. The summed E-state index contributed by atoms with van der Waals surface area (Å²) in [6.07, 6.45) is 5.29. The van der Waals surface area contributed by atoms with Gasteiger partial charge in [-0.1, -0.05) is 19.0 Å². The molecule has 8 nitrogen and oxygen atoms in total. The third-order valence-corrected chi connectivity index (χ3v) is 3.93. The summed E-state index contributed by atoms with van der Waals surface area (Å²) in [7, 11) is 1.58. The molecule has 0 amide bonds. The Balaban J connectivity index is 1.55. The summed E-state index contributed by atoms with van der Waals surface area (Å²) < 4.78 is 16.3. The fourth-order valence-electron chi connectivity index (χ4n) is 2.63. The molecule has 1 unspecified atom stereocenters. The molecule has 1 saturated heterocycles. The summed E-state index contributed by atoms with van der Waals surface area (Å²) >= 11 is 0. The number of piperidine rings is 1. The molecule has 1 fully saturated rings. The van der Waals surface area contributed by atoms with Crippen LogP contribution in [0, 0.1) is 0 Å². The Kier molecular flexibility index (Phi) is 5.24. The average Bonchev–Trinajstić information content (AvgIpc) is 3.05. The van der Waals surface area contributed by atoms with E-state index in [2.05, 4.69) is 25.0 Å². The van der Waals surface area contributed by atoms with E-state index in [1.807, 2.05) is 13.8 Å². The lowest BCUT2D eigenvalue weighted by atomic mass is 10.1. The lowest BCUT2D eigenvalue weighted by Crippen LogP contribution is -2.40. The topological polar surface area (TPSA) is 86.4 Å². The Morgan fingerprint density at radius 1 is 1.33 bits per heavy atom. The molecule has 0 aliphatic carbocycles. The smallest absolute Gasteiger partial charge is 0.316 e. The predicted octanol–water partition coefficient (Wildman–Crippen LogP) is 2.03. The van der Waals surface area contributed by atoms with Gasteiger partial charge in [-0.15, -0.1) is 0 Å². The molecule has 0 radical (unpaired) electrons. The van der Waals surface area contributed by atoms with Gasteiger partial charge in [-0.3, -0.25) is 4.90 Å². The summed E-state index contributed by atoms with van der Waals surface area (Å²) in [6, 6.07) is 0.377. The van der Waals surface area contributed by atoms with Crippen LogP contribution in [0.3, 0.4) is 0 Å². The summed E-state index contributed by atoms with van der Waals surface area (Å²) in [5.74, 6) is 2.29. The van der Waals surface area contributed by atoms with Crippen LogP contribution in [0.4, 0.5) is 0 Å². The van der Waals surface area contributed by atoms with Crippen molar-refractivity contribution < 1.29 is 14.0 Å². The van der Waals surface area contributed by atoms with Crippen molar-refractivity contribution in [3.8, 4) is 11.8 Å². The maximum atomic E-state index is 5.88. The van der Waals surface area contributed by atoms with Gasteiger partial charge in [0.05, 0.1) is 26.0 Å². The van der Waals surface area contributed by atoms with Crippen molar-refractivity contribution >= 4 is 0 Å². The van der Waals surface area contributed by atoms with Gasteiger partial charge < -0.3 is 14.0 Å². The number of aromatic nitrogens is 4. The van der Waals surface area contributed by atoms with Crippen molar-refractivity contribution in [1.29, 1.82) is 0 Å². The van der Waals surface area contributed by atoms with Gasteiger partial charge in [-0.2, -0.15) is 15.0 Å². The van der Waals surface area contributed by atoms with E-state index in [9.17, 15) is 0 Å². The molecule has 1 atom stereocenters. The summed E-state index contributed by atoms with van der Waals surface area (Å²) in [6.45, 7) is 6.52. The molecule has 0 N–H and O–H groups in total. The SMILES string of the molecule is COc1cnc(OC2CCCN(Cc3nc(C(C)C)no3)C2)nc1. The molecule has 0 spiro atoms. The van der Waals surface area contributed by atoms with Crippen molar-refractivity contribution in [1.82, 2.24) is 25.0 Å². The van der Waals surface area contributed by atoms with E-state index in [4.69, 9.17) is 14.0 Å². The third-order valence-electron chi connectivity index (χ3n) is 3.93. The molecule has 0 aromatic carbocycles. The normalized spacial score (nSPS) is 18.8. The highest BCUT2D eigenvalue weighted by atomic mass is 16.5. The van der Waals surface area contributed by atoms with Crippen LogP contribution < -0.4 is 9.47 Å². The number of likely N-dealkylation sites (tertiary alicyclic amines) is 1. The molecule has 3 rings (SSSR count). The Bertz CT molecular complexity index is 643. The molecular weight excluding hydrogens is 310 g/mol. The molecule has 1 aliphatic heterocycles. The van der Waals surface area contributed by atoms with Crippen LogP contribution in [0.2, 0.25) is 0 Å². The predicted molar refractivity (Wildman–Crippen MR) is 85.9 cm³/mol. The van der Waals surface area contributed by atoms with Crippen LogP contribution >= 0.6 is 0 Å². The third kappa shape index (κ3) is 4.19. The first-order valence-electron chi connectivity index (χ1n) is 8.21. The van der Waals surface area contributed by atoms with Crippen LogP contribution in [-0.4, -0.2) is 51.3 Å². The van der Waals surface area contributed by atoms with Gasteiger partial charge in [0.1, 0.15) is 6.10 Å². The fraction of sp³-hybridized carbons (Fsp3) is 0.625. The number of methoxy groups -OCH3 is 1. The van der Waals surface area contributed by atoms with Crippen LogP contribution in [0.25, 0.3) is 0 Å². The first-order chi connectivity index (χ1) is 11.6. The summed E-state index contributed by atoms with van der Waals surface area (Å²) in [5, 5.41) is 4.01. The second-order valence-electron chi connectivity index (χ2n) is 6.22. The van der Waals surface area contributed by atoms with Crippen molar-refractivity contribution in [2.24, 2.45) is 0 Å². The fourth-order valence-corrected chi connectivity index (χ4v) is 2.63. The van der Waals surface area contributed by atoms with Crippen molar-refractivity contribution in [3.05, 3.63) is 24.1 Å². The van der Waals surface area contributed by atoms with Crippen LogP contribution in [0.5, 0.6) is 11.8 Å². The molecule has 130 valence electrons. The quantitative estimate of drug-likeness (QED) is 0.794. The van der Waals surface area contributed by atoms with Crippen LogP contribution in [0.15, 0.2) is 16.9 Å². The van der Waals surface area contributed by atoms with Gasteiger partial charge in [0.2, 0.25) is 5.89 Å². The number of ether oxygens (including phenoxy) is 2. The monoisotopic (exact) mass is 333 g/mol. The largest absolute Gasteiger partial charge is 0.494 e. The molecule has 1 aliphatic rings. The standard InChI is InChI=1S/C16H23N5O3/c1-11(2)15-19-14(24-20-15)10-21-6-4-5-12(9-21)23-16-17-7-13(22-3)8-18-16/h7-8,11-12H,4-6,9-10H2,1-3H3. The van der Waals surface area contributed by atoms with Gasteiger partial charge in [-0.25, -0.2) is 0 Å². The number of hydrogen-bond donors (Lipinski definition) is 0. The van der Waals surface area contributed by atoms with Gasteiger partial charge in [0.25, 0.3) is 0 Å². The van der Waals surface area contributed by atoms with Gasteiger partial charge in [-0.05, 0) is 19.4 Å². The molecule has 8 heteroatoms. The highest BCUT2D eigenvalue weighted by Gasteiger charge is 2.24. The minimum Gasteiger partial charge on any atom is -0.494 e. The number of nitrogens with zero attached hydrogens (tertiary/aromatic N) is 5. The van der Waals surface area contributed by atoms with E-state index in [0.717, 1.165) is 31.8 Å². The van der Waals surface area contributed by atoms with E-state index >= 15 is 0 Å². The first kappa shape index (κ1) is 16.6. The second kappa shape index (κ2) is 7.57. The maximum absolute atomic E-state index is 5.88. The molecule has 0 bridgehead atoms. The zero-order chi connectivity index (χ0) is 16.9. The highest BCUT2D eigenvalue weighted by molar-refractivity contribution is 5.13. The number of hydrogen-bond acceptors (Lipinski definition) is 8. The van der Waals surface area contributed by atoms with E-state index in [1.165, 1.54) is 0 Å². The zero-order valence-electron chi connectivity index (χ0n) is 14.3. The molecule has 2 aromatic rings. The average molecular weight is 333 g/mol. The van der Waals surface area contributed by atoms with Crippen LogP contribution in [0.1, 0.15) is 44.3 Å². The van der Waals surface area contributed by atoms with Gasteiger partial charge >= 0.3 is 6.01 Å². The first-order valence-corrected chi connectivity index (χ1v) is 8.21. The Morgan fingerprint density at radius 2 is 2.12 bits per heavy atom. The van der Waals surface area contributed by atoms with Crippen LogP contribution in [-0.2, 0) is 6.54 Å². The second-order valence-corrected chi connectivity index (χ2v) is 6.22. The Morgan fingerprint density at radius 3 is 2.79 bits per heavy atom. The van der Waals surface area contributed by atoms with E-state index in [-0.39, 0.29) is 12.0 Å². The molecule has 2 aromatic heterocycles. The molecule has 0 saturated carbocycles. The minimum atomic E-state index is 0.0552. The lowest BCUT2D eigenvalue weighted by Gasteiger charge is -2.31. The Labute approximate surface area is 141 Å². The van der Waals surface area contributed by atoms with Crippen molar-refractivity contribution in [3.63, 3.8) is 0 Å². The van der Waals surface area contributed by atoms with Crippen molar-refractivity contribution in [2.45, 2.75) is 45.3 Å². The summed E-state index contributed by atoms with van der Waals surface area (Å²) in [4.78, 5) is 15.0. The Hall–Kier alpha value is -2.22. The van der Waals surface area contributed by atoms with Crippen molar-refractivity contribution in [2.75, 3.05) is 20.2 Å². The maximum Gasteiger partial charge on any atom is 0.316 e. The molecule has 24 heavy (non-hydrogen) atoms. The van der Waals surface area contributed by atoms with Gasteiger partial charge in [0.15, 0.2) is 11.6 Å². The lowest BCUT2D eigenvalue weighted by molar-refractivity contribution is 0.0709. The number of rotatable bonds is 6. The minimum absolute atomic E-state index is 0.0552. The van der Waals surface area contributed by atoms with E-state index in [0.29, 0.717) is 24.2 Å². The molecular formula is C16H23N5O3. The van der Waals surface area contributed by atoms with Gasteiger partial charge in [0, 0.05) is 12.5 Å². The summed E-state index contributed by atoms with van der Waals surface area (Å²) in [5.41, 5.74) is 0. The zero-order valence-corrected chi connectivity index (χ0v) is 14.3. The highest BCUT2D eigenvalue weighted by Crippen LogP contribution is 2.18.